The molecule has 0 atom stereocenters. The van der Waals surface area contributed by atoms with Gasteiger partial charge in [0.15, 0.2) is 0 Å². The molecule has 1 heteroatoms. The lowest BCUT2D eigenvalue weighted by Gasteiger charge is -2.36. The van der Waals surface area contributed by atoms with Crippen molar-refractivity contribution in [2.75, 3.05) is 0 Å². The van der Waals surface area contributed by atoms with Crippen LogP contribution in [0.4, 0.5) is 0 Å². The molecule has 0 aromatic rings. The first-order valence-electron chi connectivity index (χ1n) is 6.08. The maximum absolute atomic E-state index is 8.71. The molecule has 1 aliphatic rings. The summed E-state index contributed by atoms with van der Waals surface area (Å²) in [4.78, 5) is 0. The number of hydrogen-bond donors (Lipinski definition) is 0. The van der Waals surface area contributed by atoms with Crippen LogP contribution in [0.25, 0.3) is 0 Å². The summed E-state index contributed by atoms with van der Waals surface area (Å²) in [6.45, 7) is 4.67. The first kappa shape index (κ1) is 11.6. The predicted octanol–water partition coefficient (Wildman–Crippen LogP) is 4.29. The fraction of sp³-hybridized carbons (Fsp3) is 0.923. The van der Waals surface area contributed by atoms with Crippen molar-refractivity contribution in [2.45, 2.75) is 65.2 Å². The molecular formula is C13H23N. The minimum absolute atomic E-state index is 0.492. The van der Waals surface area contributed by atoms with Gasteiger partial charge in [-0.3, -0.25) is 0 Å². The molecule has 0 aromatic heterocycles. The van der Waals surface area contributed by atoms with Gasteiger partial charge in [0.25, 0.3) is 0 Å². The van der Waals surface area contributed by atoms with Crippen LogP contribution in [-0.2, 0) is 0 Å². The second kappa shape index (κ2) is 5.39. The molecule has 0 saturated heterocycles. The molecule has 1 aliphatic carbocycles. The van der Waals surface area contributed by atoms with Gasteiger partial charge in [-0.05, 0) is 30.6 Å². The van der Waals surface area contributed by atoms with Gasteiger partial charge in [0.05, 0.1) is 6.07 Å². The average molecular weight is 193 g/mol. The van der Waals surface area contributed by atoms with Gasteiger partial charge in [-0.2, -0.15) is 5.26 Å². The number of nitriles is 1. The van der Waals surface area contributed by atoms with Crippen molar-refractivity contribution >= 4 is 0 Å². The molecule has 0 bridgehead atoms. The van der Waals surface area contributed by atoms with Crippen LogP contribution in [0.15, 0.2) is 0 Å². The van der Waals surface area contributed by atoms with Gasteiger partial charge in [-0.25, -0.2) is 0 Å². The Kier molecular flexibility index (Phi) is 4.45. The summed E-state index contributed by atoms with van der Waals surface area (Å²) < 4.78 is 0. The summed E-state index contributed by atoms with van der Waals surface area (Å²) in [5, 5.41) is 8.71. The molecule has 1 rings (SSSR count). The third-order valence-electron chi connectivity index (χ3n) is 4.06. The van der Waals surface area contributed by atoms with Gasteiger partial charge in [-0.15, -0.1) is 0 Å². The highest BCUT2D eigenvalue weighted by Crippen LogP contribution is 2.44. The summed E-state index contributed by atoms with van der Waals surface area (Å²) in [6.07, 6.45) is 10.1. The highest BCUT2D eigenvalue weighted by atomic mass is 14.4. The van der Waals surface area contributed by atoms with E-state index in [9.17, 15) is 0 Å². The van der Waals surface area contributed by atoms with Crippen molar-refractivity contribution in [3.05, 3.63) is 0 Å². The molecule has 0 N–H and O–H groups in total. The molecular weight excluding hydrogens is 170 g/mol. The Morgan fingerprint density at radius 2 is 1.71 bits per heavy atom. The number of nitrogens with zero attached hydrogens (tertiary/aromatic N) is 1. The van der Waals surface area contributed by atoms with Gasteiger partial charge in [-0.1, -0.05) is 39.5 Å². The summed E-state index contributed by atoms with van der Waals surface area (Å²) in [5.74, 6) is 0.744. The van der Waals surface area contributed by atoms with Gasteiger partial charge in [0.1, 0.15) is 0 Å². The highest BCUT2D eigenvalue weighted by Gasteiger charge is 2.33. The molecule has 0 spiro atoms. The predicted molar refractivity (Wildman–Crippen MR) is 59.8 cm³/mol. The topological polar surface area (TPSA) is 23.8 Å². The fourth-order valence-corrected chi connectivity index (χ4v) is 2.85. The van der Waals surface area contributed by atoms with Crippen molar-refractivity contribution in [3.63, 3.8) is 0 Å². The van der Waals surface area contributed by atoms with Gasteiger partial charge in [0, 0.05) is 6.42 Å². The van der Waals surface area contributed by atoms with E-state index in [2.05, 4.69) is 19.9 Å². The van der Waals surface area contributed by atoms with Crippen LogP contribution in [0, 0.1) is 22.7 Å². The summed E-state index contributed by atoms with van der Waals surface area (Å²) >= 11 is 0. The van der Waals surface area contributed by atoms with Gasteiger partial charge < -0.3 is 0 Å². The monoisotopic (exact) mass is 193 g/mol. The lowest BCUT2D eigenvalue weighted by molar-refractivity contribution is 0.144. The molecule has 0 amide bonds. The lowest BCUT2D eigenvalue weighted by Crippen LogP contribution is -2.26. The van der Waals surface area contributed by atoms with E-state index < -0.39 is 0 Å². The average Bonchev–Trinajstić information content (AvgIpc) is 2.41. The van der Waals surface area contributed by atoms with Gasteiger partial charge >= 0.3 is 0 Å². The Bertz CT molecular complexity index is 192. The zero-order valence-corrected chi connectivity index (χ0v) is 9.68. The van der Waals surface area contributed by atoms with E-state index >= 15 is 0 Å². The van der Waals surface area contributed by atoms with Crippen molar-refractivity contribution < 1.29 is 0 Å². The lowest BCUT2D eigenvalue weighted by atomic mass is 9.68. The van der Waals surface area contributed by atoms with Crippen LogP contribution < -0.4 is 0 Å². The maximum atomic E-state index is 8.71. The fourth-order valence-electron chi connectivity index (χ4n) is 2.85. The van der Waals surface area contributed by atoms with E-state index in [-0.39, 0.29) is 0 Å². The largest absolute Gasteiger partial charge is 0.198 e. The molecule has 0 radical (unpaired) electrons. The minimum atomic E-state index is 0.492. The highest BCUT2D eigenvalue weighted by molar-refractivity contribution is 4.87. The van der Waals surface area contributed by atoms with Crippen LogP contribution in [0.3, 0.4) is 0 Å². The van der Waals surface area contributed by atoms with Gasteiger partial charge in [0.2, 0.25) is 0 Å². The number of rotatable bonds is 3. The molecule has 1 fully saturated rings. The van der Waals surface area contributed by atoms with Crippen LogP contribution in [0.5, 0.6) is 0 Å². The molecule has 1 saturated carbocycles. The molecule has 80 valence electrons. The number of hydrogen-bond acceptors (Lipinski definition) is 1. The zero-order chi connectivity index (χ0) is 10.4. The van der Waals surface area contributed by atoms with E-state index in [0.717, 1.165) is 18.8 Å². The van der Waals surface area contributed by atoms with E-state index in [0.29, 0.717) is 5.41 Å². The van der Waals surface area contributed by atoms with Crippen molar-refractivity contribution in [1.29, 1.82) is 5.26 Å². The Hall–Kier alpha value is -0.510. The normalized spacial score (nSPS) is 21.6. The SMILES string of the molecule is CC(C)C1(CCC#N)CCCCCC1. The van der Waals surface area contributed by atoms with E-state index in [1.54, 1.807) is 0 Å². The maximum Gasteiger partial charge on any atom is 0.0621 e. The van der Waals surface area contributed by atoms with E-state index in [1.165, 1.54) is 38.5 Å². The second-order valence-electron chi connectivity index (χ2n) is 5.09. The van der Waals surface area contributed by atoms with Crippen LogP contribution in [-0.4, -0.2) is 0 Å². The third-order valence-corrected chi connectivity index (χ3v) is 4.06. The van der Waals surface area contributed by atoms with Crippen LogP contribution in [0.2, 0.25) is 0 Å². The molecule has 0 aromatic carbocycles. The first-order chi connectivity index (χ1) is 6.71. The third kappa shape index (κ3) is 2.74. The summed E-state index contributed by atoms with van der Waals surface area (Å²) in [7, 11) is 0. The van der Waals surface area contributed by atoms with E-state index in [1.807, 2.05) is 0 Å². The summed E-state index contributed by atoms with van der Waals surface area (Å²) in [6, 6.07) is 2.32. The quantitative estimate of drug-likeness (QED) is 0.613. The van der Waals surface area contributed by atoms with Crippen molar-refractivity contribution in [1.82, 2.24) is 0 Å². The minimum Gasteiger partial charge on any atom is -0.198 e. The Morgan fingerprint density at radius 1 is 1.14 bits per heavy atom. The smallest absolute Gasteiger partial charge is 0.0621 e. The Balaban J connectivity index is 2.63. The second-order valence-corrected chi connectivity index (χ2v) is 5.09. The molecule has 0 unspecified atom stereocenters. The standard InChI is InChI=1S/C13H23N/c1-12(2)13(10-7-11-14)8-5-3-4-6-9-13/h12H,3-10H2,1-2H3. The molecule has 0 heterocycles. The Morgan fingerprint density at radius 3 is 2.14 bits per heavy atom. The Labute approximate surface area is 88.5 Å². The first-order valence-corrected chi connectivity index (χ1v) is 6.08. The molecule has 1 nitrogen and oxygen atoms in total. The van der Waals surface area contributed by atoms with Crippen LogP contribution in [0.1, 0.15) is 65.2 Å². The molecule has 14 heavy (non-hydrogen) atoms. The summed E-state index contributed by atoms with van der Waals surface area (Å²) in [5.41, 5.74) is 0.492. The zero-order valence-electron chi connectivity index (χ0n) is 9.68. The molecule has 0 aliphatic heterocycles. The van der Waals surface area contributed by atoms with Crippen molar-refractivity contribution in [2.24, 2.45) is 11.3 Å². The van der Waals surface area contributed by atoms with Crippen LogP contribution >= 0.6 is 0 Å². The van der Waals surface area contributed by atoms with Crippen molar-refractivity contribution in [3.8, 4) is 6.07 Å². The van der Waals surface area contributed by atoms with E-state index in [4.69, 9.17) is 5.26 Å².